The molecule has 184 valence electrons. The number of rotatable bonds is 6. The van der Waals surface area contributed by atoms with Gasteiger partial charge in [-0.3, -0.25) is 9.59 Å². The highest BCUT2D eigenvalue weighted by atomic mass is 32.2. The lowest BCUT2D eigenvalue weighted by Gasteiger charge is -2.35. The molecule has 1 aromatic rings. The third-order valence-corrected chi connectivity index (χ3v) is 9.49. The predicted molar refractivity (Wildman–Crippen MR) is 127 cm³/mol. The van der Waals surface area contributed by atoms with Crippen molar-refractivity contribution in [2.24, 2.45) is 17.8 Å². The Morgan fingerprint density at radius 3 is 2.39 bits per heavy atom. The molecule has 8 heteroatoms. The normalized spacial score (nSPS) is 25.9. The van der Waals surface area contributed by atoms with E-state index >= 15 is 0 Å². The number of hydrogen-bond acceptors (Lipinski definition) is 5. The summed E-state index contributed by atoms with van der Waals surface area (Å²) in [6.07, 6.45) is 3.12. The van der Waals surface area contributed by atoms with Crippen molar-refractivity contribution >= 4 is 21.9 Å². The molecule has 7 nitrogen and oxygen atoms in total. The molecule has 0 unspecified atom stereocenters. The van der Waals surface area contributed by atoms with Gasteiger partial charge in [-0.15, -0.1) is 0 Å². The van der Waals surface area contributed by atoms with Crippen LogP contribution >= 0.6 is 0 Å². The maximum atomic E-state index is 13.1. The fourth-order valence-corrected chi connectivity index (χ4v) is 6.64. The molecule has 2 fully saturated rings. The van der Waals surface area contributed by atoms with E-state index in [0.29, 0.717) is 29.6 Å². The average Bonchev–Trinajstić information content (AvgIpc) is 2.76. The van der Waals surface area contributed by atoms with Crippen LogP contribution in [0, 0.1) is 31.6 Å². The van der Waals surface area contributed by atoms with Gasteiger partial charge in [0, 0.05) is 19.1 Å². The largest absolute Gasteiger partial charge is 0.452 e. The van der Waals surface area contributed by atoms with Gasteiger partial charge < -0.3 is 10.1 Å². The Hall–Kier alpha value is -1.93. The summed E-state index contributed by atoms with van der Waals surface area (Å²) in [5.74, 6) is -0.129. The molecule has 4 atom stereocenters. The van der Waals surface area contributed by atoms with Crippen molar-refractivity contribution < 1.29 is 22.7 Å². The molecule has 0 aromatic heterocycles. The first kappa shape index (κ1) is 25.7. The first-order chi connectivity index (χ1) is 15.5. The highest BCUT2D eigenvalue weighted by molar-refractivity contribution is 7.89. The summed E-state index contributed by atoms with van der Waals surface area (Å²) < 4.78 is 33.0. The van der Waals surface area contributed by atoms with Crippen molar-refractivity contribution in [2.45, 2.75) is 83.8 Å². The molecule has 2 aliphatic rings. The first-order valence-corrected chi connectivity index (χ1v) is 13.5. The van der Waals surface area contributed by atoms with E-state index in [1.54, 1.807) is 26.0 Å². The molecular weight excluding hydrogens is 440 g/mol. The predicted octanol–water partition coefficient (Wildman–Crippen LogP) is 3.58. The minimum absolute atomic E-state index is 0.112. The Kier molecular flexibility index (Phi) is 8.22. The fourth-order valence-electron chi connectivity index (χ4n) is 4.97. The third kappa shape index (κ3) is 5.96. The van der Waals surface area contributed by atoms with Gasteiger partial charge in [0.25, 0.3) is 5.91 Å². The zero-order valence-corrected chi connectivity index (χ0v) is 21.3. The Morgan fingerprint density at radius 2 is 1.76 bits per heavy atom. The Labute approximate surface area is 198 Å². The van der Waals surface area contributed by atoms with E-state index in [-0.39, 0.29) is 25.0 Å². The van der Waals surface area contributed by atoms with Gasteiger partial charge in [0.15, 0.2) is 6.10 Å². The number of ether oxygens (including phenoxy) is 1. The van der Waals surface area contributed by atoms with E-state index in [1.807, 2.05) is 13.0 Å². The van der Waals surface area contributed by atoms with Crippen LogP contribution in [0.4, 0.5) is 0 Å². The molecule has 1 aliphatic heterocycles. The van der Waals surface area contributed by atoms with Crippen molar-refractivity contribution in [1.82, 2.24) is 9.62 Å². The van der Waals surface area contributed by atoms with Gasteiger partial charge in [-0.2, -0.15) is 4.31 Å². The molecular formula is C25H38N2O5S. The van der Waals surface area contributed by atoms with Gasteiger partial charge in [0.05, 0.1) is 10.8 Å². The van der Waals surface area contributed by atoms with Crippen LogP contribution in [0.1, 0.15) is 64.0 Å². The van der Waals surface area contributed by atoms with E-state index in [1.165, 1.54) is 10.7 Å². The third-order valence-electron chi connectivity index (χ3n) is 7.43. The number of sulfonamides is 1. The number of hydrogen-bond donors (Lipinski definition) is 1. The second kappa shape index (κ2) is 10.6. The minimum Gasteiger partial charge on any atom is -0.452 e. The van der Waals surface area contributed by atoms with Crippen LogP contribution in [0.25, 0.3) is 0 Å². The molecule has 1 saturated heterocycles. The molecule has 0 radical (unpaired) electrons. The number of benzene rings is 1. The van der Waals surface area contributed by atoms with E-state index in [2.05, 4.69) is 19.2 Å². The summed E-state index contributed by atoms with van der Waals surface area (Å²) in [5, 5.41) is 3.06. The Balaban J connectivity index is 1.52. The summed E-state index contributed by atoms with van der Waals surface area (Å²) in [5.41, 5.74) is 1.73. The van der Waals surface area contributed by atoms with Gasteiger partial charge >= 0.3 is 5.97 Å². The van der Waals surface area contributed by atoms with Crippen molar-refractivity contribution in [3.05, 3.63) is 29.3 Å². The topological polar surface area (TPSA) is 92.8 Å². The van der Waals surface area contributed by atoms with Crippen LogP contribution < -0.4 is 5.32 Å². The molecule has 0 bridgehead atoms. The highest BCUT2D eigenvalue weighted by Crippen LogP contribution is 2.30. The summed E-state index contributed by atoms with van der Waals surface area (Å²) in [6, 6.07) is 5.42. The minimum atomic E-state index is -3.60. The lowest BCUT2D eigenvalue weighted by molar-refractivity contribution is -0.160. The number of nitrogens with one attached hydrogen (secondary N) is 1. The van der Waals surface area contributed by atoms with Crippen molar-refractivity contribution in [3.63, 3.8) is 0 Å². The molecule has 3 rings (SSSR count). The van der Waals surface area contributed by atoms with Crippen LogP contribution in [0.2, 0.25) is 0 Å². The first-order valence-electron chi connectivity index (χ1n) is 12.1. The number of carbonyl (C=O) groups is 2. The zero-order valence-electron chi connectivity index (χ0n) is 20.5. The van der Waals surface area contributed by atoms with Gasteiger partial charge in [0.2, 0.25) is 10.0 Å². The van der Waals surface area contributed by atoms with E-state index in [9.17, 15) is 18.0 Å². The molecule has 1 aliphatic carbocycles. The number of aryl methyl sites for hydroxylation is 2. The quantitative estimate of drug-likeness (QED) is 0.631. The summed E-state index contributed by atoms with van der Waals surface area (Å²) >= 11 is 0. The lowest BCUT2D eigenvalue weighted by atomic mass is 9.78. The van der Waals surface area contributed by atoms with Crippen LogP contribution in [0.3, 0.4) is 0 Å². The Morgan fingerprint density at radius 1 is 1.09 bits per heavy atom. The van der Waals surface area contributed by atoms with Gasteiger partial charge in [-0.1, -0.05) is 44.4 Å². The number of carbonyl (C=O) groups excluding carboxylic acids is 2. The van der Waals surface area contributed by atoms with Crippen molar-refractivity contribution in [3.8, 4) is 0 Å². The van der Waals surface area contributed by atoms with E-state index in [4.69, 9.17) is 4.74 Å². The van der Waals surface area contributed by atoms with Crippen LogP contribution in [-0.2, 0) is 24.3 Å². The number of piperidine rings is 1. The molecule has 1 aromatic carbocycles. The monoisotopic (exact) mass is 478 g/mol. The molecule has 33 heavy (non-hydrogen) atoms. The maximum absolute atomic E-state index is 13.1. The summed E-state index contributed by atoms with van der Waals surface area (Å²) in [7, 11) is -3.60. The van der Waals surface area contributed by atoms with Crippen LogP contribution in [-0.4, -0.2) is 49.8 Å². The average molecular weight is 479 g/mol. The van der Waals surface area contributed by atoms with Gasteiger partial charge in [-0.05, 0) is 63.5 Å². The zero-order chi connectivity index (χ0) is 24.3. The molecule has 0 spiro atoms. The second-order valence-electron chi connectivity index (χ2n) is 9.91. The highest BCUT2D eigenvalue weighted by Gasteiger charge is 2.35. The number of amides is 1. The summed E-state index contributed by atoms with van der Waals surface area (Å²) in [6.45, 7) is 10.2. The molecule has 1 N–H and O–H groups in total. The summed E-state index contributed by atoms with van der Waals surface area (Å²) in [4.78, 5) is 25.6. The lowest BCUT2D eigenvalue weighted by Crippen LogP contribution is -2.48. The van der Waals surface area contributed by atoms with E-state index in [0.717, 1.165) is 24.0 Å². The SMILES string of the molecule is Cc1ccc(S(=O)(=O)N2CCC(C(=O)O[C@H](C)C(=O)N[C@H]3CCC[C@@H](C)[C@@H]3C)CC2)c(C)c1. The molecule has 1 heterocycles. The Bertz CT molecular complexity index is 969. The van der Waals surface area contributed by atoms with Gasteiger partial charge in [0.1, 0.15) is 0 Å². The second-order valence-corrected chi connectivity index (χ2v) is 11.8. The molecule has 1 amide bonds. The smallest absolute Gasteiger partial charge is 0.309 e. The fraction of sp³-hybridized carbons (Fsp3) is 0.680. The molecule has 1 saturated carbocycles. The van der Waals surface area contributed by atoms with Crippen molar-refractivity contribution in [2.75, 3.05) is 13.1 Å². The standard InChI is InChI=1S/C25H38N2O5S/c1-16-9-10-23(18(3)15-16)33(30,31)27-13-11-21(12-14-27)25(29)32-20(5)24(28)26-22-8-6-7-17(2)19(22)4/h9-10,15,17,19-22H,6-8,11-14H2,1-5H3,(H,26,28)/t17-,19+,20-,22+/m1/s1. The van der Waals surface area contributed by atoms with Crippen molar-refractivity contribution in [1.29, 1.82) is 0 Å². The number of nitrogens with zero attached hydrogens (tertiary/aromatic N) is 1. The van der Waals surface area contributed by atoms with Crippen LogP contribution in [0.5, 0.6) is 0 Å². The van der Waals surface area contributed by atoms with Gasteiger partial charge in [-0.25, -0.2) is 8.42 Å². The maximum Gasteiger partial charge on any atom is 0.309 e. The number of esters is 1. The van der Waals surface area contributed by atoms with Crippen LogP contribution in [0.15, 0.2) is 23.1 Å². The van der Waals surface area contributed by atoms with E-state index < -0.39 is 28.0 Å².